The summed E-state index contributed by atoms with van der Waals surface area (Å²) in [5, 5.41) is 7.79. The third-order valence-corrected chi connectivity index (χ3v) is 6.37. The quantitative estimate of drug-likeness (QED) is 0.621. The average molecular weight is 418 g/mol. The van der Waals surface area contributed by atoms with Gasteiger partial charge in [-0.25, -0.2) is 0 Å². The van der Waals surface area contributed by atoms with Crippen molar-refractivity contribution in [2.24, 2.45) is 0 Å². The van der Waals surface area contributed by atoms with Crippen molar-refractivity contribution in [2.45, 2.75) is 53.2 Å². The monoisotopic (exact) mass is 417 g/mol. The summed E-state index contributed by atoms with van der Waals surface area (Å²) < 4.78 is 1.93. The van der Waals surface area contributed by atoms with E-state index >= 15 is 0 Å². The van der Waals surface area contributed by atoms with E-state index in [1.165, 1.54) is 48.2 Å². The summed E-state index contributed by atoms with van der Waals surface area (Å²) >= 11 is 0. The number of aryl methyl sites for hydroxylation is 2. The fourth-order valence-corrected chi connectivity index (χ4v) is 4.53. The molecule has 1 aliphatic rings. The van der Waals surface area contributed by atoms with Crippen molar-refractivity contribution in [3.63, 3.8) is 0 Å². The second kappa shape index (κ2) is 9.48. The summed E-state index contributed by atoms with van der Waals surface area (Å²) in [4.78, 5) is 14.7. The van der Waals surface area contributed by atoms with Crippen molar-refractivity contribution < 1.29 is 9.69 Å². The zero-order valence-electron chi connectivity index (χ0n) is 18.9. The highest BCUT2D eigenvalue weighted by atomic mass is 16.1. The highest BCUT2D eigenvalue weighted by molar-refractivity contribution is 5.96. The molecule has 2 heterocycles. The first-order valence-electron chi connectivity index (χ1n) is 11.3. The van der Waals surface area contributed by atoms with Crippen LogP contribution in [-0.2, 0) is 19.6 Å². The number of quaternary nitrogens is 1. The Kier molecular flexibility index (Phi) is 6.52. The minimum atomic E-state index is -0.0477. The predicted octanol–water partition coefficient (Wildman–Crippen LogP) is 2.97. The third-order valence-electron chi connectivity index (χ3n) is 6.37. The Labute approximate surface area is 185 Å². The minimum absolute atomic E-state index is 0.0477. The largest absolute Gasteiger partial charge is 0.348 e. The Morgan fingerprint density at radius 2 is 1.68 bits per heavy atom. The Morgan fingerprint density at radius 3 is 2.39 bits per heavy atom. The van der Waals surface area contributed by atoms with Crippen LogP contribution in [0.4, 0.5) is 0 Å². The molecule has 0 saturated carbocycles. The molecule has 1 saturated heterocycles. The Morgan fingerprint density at radius 1 is 1.00 bits per heavy atom. The van der Waals surface area contributed by atoms with Gasteiger partial charge in [-0.3, -0.25) is 9.48 Å². The van der Waals surface area contributed by atoms with Crippen LogP contribution in [-0.4, -0.2) is 28.8 Å². The molecule has 1 amide bonds. The summed E-state index contributed by atoms with van der Waals surface area (Å²) in [6, 6.07) is 16.9. The highest BCUT2D eigenvalue weighted by Crippen LogP contribution is 2.16. The first-order chi connectivity index (χ1) is 15.0. The number of amides is 1. The summed E-state index contributed by atoms with van der Waals surface area (Å²) in [6.45, 7) is 10.7. The van der Waals surface area contributed by atoms with Crippen LogP contribution in [0.2, 0.25) is 0 Å². The summed E-state index contributed by atoms with van der Waals surface area (Å²) in [5.41, 5.74) is 7.34. The maximum atomic E-state index is 13.1. The van der Waals surface area contributed by atoms with Crippen molar-refractivity contribution in [2.75, 3.05) is 13.1 Å². The minimum Gasteiger partial charge on any atom is -0.348 e. The molecule has 162 valence electrons. The number of hydrogen-bond acceptors (Lipinski definition) is 2. The molecule has 5 heteroatoms. The SMILES string of the molecule is Cc1ccc(Cn2nc(C)c(C(=O)NCc3ccccc3C[NH+]3CCCC3)c2C)cc1. The van der Waals surface area contributed by atoms with E-state index in [2.05, 4.69) is 65.9 Å². The molecule has 0 aliphatic carbocycles. The molecule has 1 fully saturated rings. The van der Waals surface area contributed by atoms with Gasteiger partial charge in [0, 0.05) is 30.6 Å². The van der Waals surface area contributed by atoms with Gasteiger partial charge in [-0.15, -0.1) is 0 Å². The van der Waals surface area contributed by atoms with E-state index in [1.807, 2.05) is 18.5 Å². The third kappa shape index (κ3) is 5.05. The predicted molar refractivity (Wildman–Crippen MR) is 123 cm³/mol. The number of aromatic nitrogens is 2. The van der Waals surface area contributed by atoms with Crippen LogP contribution in [0.15, 0.2) is 48.5 Å². The molecule has 0 unspecified atom stereocenters. The van der Waals surface area contributed by atoms with Gasteiger partial charge in [0.15, 0.2) is 0 Å². The maximum absolute atomic E-state index is 13.1. The van der Waals surface area contributed by atoms with Crippen molar-refractivity contribution in [1.82, 2.24) is 15.1 Å². The Balaban J connectivity index is 1.44. The second-order valence-electron chi connectivity index (χ2n) is 8.77. The molecular formula is C26H33N4O+. The van der Waals surface area contributed by atoms with Gasteiger partial charge < -0.3 is 10.2 Å². The van der Waals surface area contributed by atoms with Crippen LogP contribution < -0.4 is 10.2 Å². The van der Waals surface area contributed by atoms with Crippen molar-refractivity contribution in [1.29, 1.82) is 0 Å². The lowest BCUT2D eigenvalue weighted by Gasteiger charge is -2.15. The van der Waals surface area contributed by atoms with E-state index in [-0.39, 0.29) is 5.91 Å². The number of nitrogens with one attached hydrogen (secondary N) is 2. The molecular weight excluding hydrogens is 384 g/mol. The fourth-order valence-electron chi connectivity index (χ4n) is 4.53. The van der Waals surface area contributed by atoms with Gasteiger partial charge in [0.1, 0.15) is 6.54 Å². The Hall–Kier alpha value is -2.92. The van der Waals surface area contributed by atoms with E-state index in [0.29, 0.717) is 18.7 Å². The van der Waals surface area contributed by atoms with E-state index in [9.17, 15) is 4.79 Å². The Bertz CT molecular complexity index is 1050. The van der Waals surface area contributed by atoms with Gasteiger partial charge in [0.05, 0.1) is 30.9 Å². The van der Waals surface area contributed by atoms with Gasteiger partial charge in [0.2, 0.25) is 0 Å². The van der Waals surface area contributed by atoms with Gasteiger partial charge in [-0.1, -0.05) is 54.1 Å². The number of benzene rings is 2. The number of carbonyl (C=O) groups is 1. The molecule has 0 atom stereocenters. The first kappa shape index (κ1) is 21.3. The van der Waals surface area contributed by atoms with E-state index in [0.717, 1.165) is 17.9 Å². The van der Waals surface area contributed by atoms with Gasteiger partial charge in [-0.2, -0.15) is 5.10 Å². The van der Waals surface area contributed by atoms with Crippen molar-refractivity contribution >= 4 is 5.91 Å². The zero-order valence-corrected chi connectivity index (χ0v) is 18.9. The smallest absolute Gasteiger partial charge is 0.255 e. The maximum Gasteiger partial charge on any atom is 0.255 e. The lowest BCUT2D eigenvalue weighted by Crippen LogP contribution is -3.08. The molecule has 4 rings (SSSR count). The second-order valence-corrected chi connectivity index (χ2v) is 8.77. The average Bonchev–Trinajstić information content (AvgIpc) is 3.36. The van der Waals surface area contributed by atoms with Gasteiger partial charge in [0.25, 0.3) is 5.91 Å². The molecule has 1 aliphatic heterocycles. The number of carbonyl (C=O) groups excluding carboxylic acids is 1. The molecule has 0 bridgehead atoms. The molecule has 5 nitrogen and oxygen atoms in total. The summed E-state index contributed by atoms with van der Waals surface area (Å²) in [5.74, 6) is -0.0477. The molecule has 0 spiro atoms. The molecule has 0 radical (unpaired) electrons. The van der Waals surface area contributed by atoms with Crippen LogP contribution in [0.5, 0.6) is 0 Å². The van der Waals surface area contributed by atoms with Crippen LogP contribution >= 0.6 is 0 Å². The topological polar surface area (TPSA) is 51.4 Å². The van der Waals surface area contributed by atoms with Crippen LogP contribution in [0, 0.1) is 20.8 Å². The van der Waals surface area contributed by atoms with Gasteiger partial charge in [-0.05, 0) is 31.9 Å². The number of rotatable bonds is 7. The lowest BCUT2D eigenvalue weighted by molar-refractivity contribution is -0.901. The van der Waals surface area contributed by atoms with E-state index in [1.54, 1.807) is 4.90 Å². The van der Waals surface area contributed by atoms with Crippen molar-refractivity contribution in [3.05, 3.63) is 87.7 Å². The highest BCUT2D eigenvalue weighted by Gasteiger charge is 2.20. The van der Waals surface area contributed by atoms with Crippen LogP contribution in [0.1, 0.15) is 56.8 Å². The molecule has 2 aromatic carbocycles. The number of likely N-dealkylation sites (tertiary alicyclic amines) is 1. The lowest BCUT2D eigenvalue weighted by atomic mass is 10.1. The normalized spacial score (nSPS) is 14.2. The number of nitrogens with zero attached hydrogens (tertiary/aromatic N) is 2. The number of hydrogen-bond donors (Lipinski definition) is 2. The zero-order chi connectivity index (χ0) is 21.8. The van der Waals surface area contributed by atoms with Crippen LogP contribution in [0.25, 0.3) is 0 Å². The standard InChI is InChI=1S/C26H32N4O/c1-19-10-12-22(13-11-19)17-30-21(3)25(20(2)28-30)26(31)27-16-23-8-4-5-9-24(23)18-29-14-6-7-15-29/h4-5,8-13H,6-7,14-18H2,1-3H3,(H,27,31)/p+1. The van der Waals surface area contributed by atoms with E-state index in [4.69, 9.17) is 0 Å². The molecule has 3 aromatic rings. The first-order valence-corrected chi connectivity index (χ1v) is 11.3. The summed E-state index contributed by atoms with van der Waals surface area (Å²) in [7, 11) is 0. The van der Waals surface area contributed by atoms with E-state index < -0.39 is 0 Å². The van der Waals surface area contributed by atoms with Crippen LogP contribution in [0.3, 0.4) is 0 Å². The van der Waals surface area contributed by atoms with Gasteiger partial charge >= 0.3 is 0 Å². The molecule has 31 heavy (non-hydrogen) atoms. The van der Waals surface area contributed by atoms with Crippen molar-refractivity contribution in [3.8, 4) is 0 Å². The molecule has 2 N–H and O–H groups in total. The summed E-state index contributed by atoms with van der Waals surface area (Å²) in [6.07, 6.45) is 2.64. The molecule has 1 aromatic heterocycles. The fraction of sp³-hybridized carbons (Fsp3) is 0.385.